The van der Waals surface area contributed by atoms with Crippen LogP contribution in [0.15, 0.2) is 18.3 Å². The number of rotatable bonds is 0. The minimum absolute atomic E-state index is 0.748. The molecule has 0 aliphatic heterocycles. The minimum Gasteiger partial charge on any atom is -0.223 e. The van der Waals surface area contributed by atoms with E-state index in [0.717, 1.165) is 24.1 Å². The van der Waals surface area contributed by atoms with Crippen LogP contribution in [0.4, 0.5) is 0 Å². The molecule has 3 heteroatoms. The van der Waals surface area contributed by atoms with E-state index < -0.39 is 0 Å². The number of aromatic nitrogens is 2. The summed E-state index contributed by atoms with van der Waals surface area (Å²) < 4.78 is 1.82. The summed E-state index contributed by atoms with van der Waals surface area (Å²) in [5, 5.41) is 13.6. The van der Waals surface area contributed by atoms with Gasteiger partial charge in [0.05, 0.1) is 5.52 Å². The molecule has 0 bridgehead atoms. The molecule has 86 valence electrons. The Hall–Kier alpha value is -1.82. The molecular formula is C14H15N3. The van der Waals surface area contributed by atoms with E-state index in [1.807, 2.05) is 10.6 Å². The lowest BCUT2D eigenvalue weighted by atomic mass is 9.94. The van der Waals surface area contributed by atoms with E-state index in [1.165, 1.54) is 36.8 Å². The van der Waals surface area contributed by atoms with Gasteiger partial charge >= 0.3 is 0 Å². The van der Waals surface area contributed by atoms with Gasteiger partial charge in [0, 0.05) is 6.20 Å². The van der Waals surface area contributed by atoms with Gasteiger partial charge in [0.1, 0.15) is 11.8 Å². The Morgan fingerprint density at radius 3 is 2.65 bits per heavy atom. The van der Waals surface area contributed by atoms with Crippen LogP contribution < -0.4 is 0 Å². The van der Waals surface area contributed by atoms with Crippen molar-refractivity contribution >= 4 is 5.52 Å². The van der Waals surface area contributed by atoms with E-state index in [1.54, 1.807) is 6.20 Å². The van der Waals surface area contributed by atoms with Gasteiger partial charge in [0.15, 0.2) is 0 Å². The molecule has 0 N–H and O–H groups in total. The van der Waals surface area contributed by atoms with Crippen molar-refractivity contribution in [2.75, 3.05) is 0 Å². The Labute approximate surface area is 101 Å². The van der Waals surface area contributed by atoms with E-state index in [2.05, 4.69) is 17.2 Å². The summed E-state index contributed by atoms with van der Waals surface area (Å²) in [7, 11) is 0. The highest BCUT2D eigenvalue weighted by Crippen LogP contribution is 2.28. The van der Waals surface area contributed by atoms with Crippen LogP contribution in [0.5, 0.6) is 0 Å². The predicted octanol–water partition coefficient (Wildman–Crippen LogP) is 2.86. The molecule has 0 fully saturated rings. The molecule has 0 unspecified atom stereocenters. The van der Waals surface area contributed by atoms with Crippen LogP contribution in [0.2, 0.25) is 0 Å². The molecule has 2 aromatic heterocycles. The van der Waals surface area contributed by atoms with E-state index >= 15 is 0 Å². The largest absolute Gasteiger partial charge is 0.223 e. The number of hydrogen-bond donors (Lipinski definition) is 0. The Bertz CT molecular complexity index is 589. The number of hydrogen-bond acceptors (Lipinski definition) is 2. The van der Waals surface area contributed by atoms with Crippen molar-refractivity contribution in [3.8, 4) is 6.07 Å². The van der Waals surface area contributed by atoms with Gasteiger partial charge in [-0.15, -0.1) is 0 Å². The van der Waals surface area contributed by atoms with Gasteiger partial charge in [-0.05, 0) is 48.9 Å². The quantitative estimate of drug-likeness (QED) is 0.691. The number of aryl methyl sites for hydroxylation is 1. The van der Waals surface area contributed by atoms with Crippen molar-refractivity contribution in [3.05, 3.63) is 35.2 Å². The fourth-order valence-corrected chi connectivity index (χ4v) is 2.82. The summed E-state index contributed by atoms with van der Waals surface area (Å²) in [5.74, 6) is 0. The zero-order chi connectivity index (χ0) is 11.7. The second-order valence-electron chi connectivity index (χ2n) is 4.65. The van der Waals surface area contributed by atoms with Crippen molar-refractivity contribution in [2.45, 2.75) is 38.5 Å². The van der Waals surface area contributed by atoms with Crippen LogP contribution in [-0.4, -0.2) is 9.61 Å². The van der Waals surface area contributed by atoms with Gasteiger partial charge in [0.25, 0.3) is 0 Å². The summed E-state index contributed by atoms with van der Waals surface area (Å²) in [6.45, 7) is 0. The second-order valence-corrected chi connectivity index (χ2v) is 4.65. The van der Waals surface area contributed by atoms with Crippen LogP contribution in [0.1, 0.15) is 42.5 Å². The Morgan fingerprint density at radius 2 is 1.88 bits per heavy atom. The third-order valence-corrected chi connectivity index (χ3v) is 3.63. The summed E-state index contributed by atoms with van der Waals surface area (Å²) in [6, 6.07) is 6.36. The van der Waals surface area contributed by atoms with Crippen molar-refractivity contribution in [3.63, 3.8) is 0 Å². The standard InChI is InChI=1S/C14H15N3/c15-10-14-12-7-4-2-1-3-6-11(12)13-8-5-9-16-17(13)14/h5,8-9H,1-4,6-7H2. The van der Waals surface area contributed by atoms with Crippen molar-refractivity contribution in [1.82, 2.24) is 9.61 Å². The first-order valence-corrected chi connectivity index (χ1v) is 6.29. The fourth-order valence-electron chi connectivity index (χ4n) is 2.82. The number of nitriles is 1. The van der Waals surface area contributed by atoms with Gasteiger partial charge in [-0.3, -0.25) is 0 Å². The highest BCUT2D eigenvalue weighted by Gasteiger charge is 2.19. The average Bonchev–Trinajstić information content (AvgIpc) is 2.61. The molecular weight excluding hydrogens is 210 g/mol. The molecule has 17 heavy (non-hydrogen) atoms. The predicted molar refractivity (Wildman–Crippen MR) is 65.8 cm³/mol. The Balaban J connectivity index is 2.29. The maximum Gasteiger partial charge on any atom is 0.146 e. The molecule has 3 nitrogen and oxygen atoms in total. The third-order valence-electron chi connectivity index (χ3n) is 3.63. The van der Waals surface area contributed by atoms with Crippen LogP contribution in [0, 0.1) is 11.3 Å². The minimum atomic E-state index is 0.748. The topological polar surface area (TPSA) is 41.1 Å². The van der Waals surface area contributed by atoms with Gasteiger partial charge in [-0.2, -0.15) is 10.4 Å². The fraction of sp³-hybridized carbons (Fsp3) is 0.429. The normalized spacial score (nSPS) is 15.9. The first-order valence-electron chi connectivity index (χ1n) is 6.29. The monoisotopic (exact) mass is 225 g/mol. The lowest BCUT2D eigenvalue weighted by Crippen LogP contribution is -1.98. The summed E-state index contributed by atoms with van der Waals surface area (Å²) in [6.07, 6.45) is 8.88. The van der Waals surface area contributed by atoms with E-state index in [-0.39, 0.29) is 0 Å². The number of nitrogens with zero attached hydrogens (tertiary/aromatic N) is 3. The second kappa shape index (κ2) is 4.21. The Morgan fingerprint density at radius 1 is 1.12 bits per heavy atom. The zero-order valence-corrected chi connectivity index (χ0v) is 9.82. The summed E-state index contributed by atoms with van der Waals surface area (Å²) >= 11 is 0. The Kier molecular flexibility index (Phi) is 2.56. The van der Waals surface area contributed by atoms with Crippen LogP contribution in [-0.2, 0) is 12.8 Å². The van der Waals surface area contributed by atoms with E-state index in [0.29, 0.717) is 0 Å². The van der Waals surface area contributed by atoms with Gasteiger partial charge in [-0.1, -0.05) is 12.8 Å². The molecule has 0 spiro atoms. The smallest absolute Gasteiger partial charge is 0.146 e. The van der Waals surface area contributed by atoms with Gasteiger partial charge in [-0.25, -0.2) is 4.52 Å². The van der Waals surface area contributed by atoms with Gasteiger partial charge in [0.2, 0.25) is 0 Å². The maximum atomic E-state index is 9.33. The van der Waals surface area contributed by atoms with E-state index in [4.69, 9.17) is 0 Å². The lowest BCUT2D eigenvalue weighted by molar-refractivity contribution is 0.620. The van der Waals surface area contributed by atoms with Crippen molar-refractivity contribution in [2.24, 2.45) is 0 Å². The molecule has 1 aliphatic carbocycles. The van der Waals surface area contributed by atoms with Crippen molar-refractivity contribution < 1.29 is 0 Å². The number of fused-ring (bicyclic) bond motifs is 3. The first-order chi connectivity index (χ1) is 8.42. The molecule has 0 saturated carbocycles. The molecule has 0 amide bonds. The summed E-state index contributed by atoms with van der Waals surface area (Å²) in [4.78, 5) is 0. The van der Waals surface area contributed by atoms with E-state index in [9.17, 15) is 5.26 Å². The molecule has 0 aromatic carbocycles. The maximum absolute atomic E-state index is 9.33. The molecule has 0 saturated heterocycles. The van der Waals surface area contributed by atoms with Crippen LogP contribution >= 0.6 is 0 Å². The highest BCUT2D eigenvalue weighted by molar-refractivity contribution is 5.63. The molecule has 2 aromatic rings. The SMILES string of the molecule is N#Cc1c2c(c3cccnn13)CCCCCC2. The molecule has 3 rings (SSSR count). The highest BCUT2D eigenvalue weighted by atomic mass is 15.2. The molecule has 0 atom stereocenters. The van der Waals surface area contributed by atoms with Crippen molar-refractivity contribution in [1.29, 1.82) is 5.26 Å². The third kappa shape index (κ3) is 1.61. The first kappa shape index (κ1) is 10.3. The van der Waals surface area contributed by atoms with Gasteiger partial charge < -0.3 is 0 Å². The average molecular weight is 225 g/mol. The zero-order valence-electron chi connectivity index (χ0n) is 9.82. The molecule has 1 aliphatic rings. The van der Waals surface area contributed by atoms with Crippen LogP contribution in [0.3, 0.4) is 0 Å². The lowest BCUT2D eigenvalue weighted by Gasteiger charge is -2.09. The molecule has 0 radical (unpaired) electrons. The summed E-state index contributed by atoms with van der Waals surface area (Å²) in [5.41, 5.74) is 4.47. The molecule has 2 heterocycles. The van der Waals surface area contributed by atoms with Crippen LogP contribution in [0.25, 0.3) is 5.52 Å².